The molecule has 3 rings (SSSR count). The van der Waals surface area contributed by atoms with E-state index in [0.717, 1.165) is 25.8 Å². The summed E-state index contributed by atoms with van der Waals surface area (Å²) < 4.78 is 0. The maximum atomic E-state index is 12.3. The number of rotatable bonds is 3. The van der Waals surface area contributed by atoms with E-state index in [-0.39, 0.29) is 29.7 Å². The summed E-state index contributed by atoms with van der Waals surface area (Å²) in [4.78, 5) is 23.7. The summed E-state index contributed by atoms with van der Waals surface area (Å²) in [5.41, 5.74) is 0. The SMILES string of the molecule is C[C@@H]1CNC[C@H]1C(=O)NC1C2CCC(C2)C1C(=O)O. The van der Waals surface area contributed by atoms with Crippen LogP contribution in [0.1, 0.15) is 26.2 Å². The fraction of sp³-hybridized carbons (Fsp3) is 0.857. The van der Waals surface area contributed by atoms with Gasteiger partial charge in [-0.25, -0.2) is 0 Å². The highest BCUT2D eigenvalue weighted by Crippen LogP contribution is 2.48. The molecule has 1 heterocycles. The summed E-state index contributed by atoms with van der Waals surface area (Å²) in [7, 11) is 0. The van der Waals surface area contributed by atoms with Gasteiger partial charge in [0.05, 0.1) is 11.8 Å². The first-order chi connectivity index (χ1) is 9.08. The van der Waals surface area contributed by atoms with Crippen LogP contribution < -0.4 is 10.6 Å². The fourth-order valence-electron chi connectivity index (χ4n) is 4.29. The number of nitrogens with one attached hydrogen (secondary N) is 2. The van der Waals surface area contributed by atoms with E-state index in [1.807, 2.05) is 0 Å². The van der Waals surface area contributed by atoms with Crippen LogP contribution in [0.3, 0.4) is 0 Å². The van der Waals surface area contributed by atoms with Gasteiger partial charge in [-0.2, -0.15) is 0 Å². The summed E-state index contributed by atoms with van der Waals surface area (Å²) in [6, 6.07) is -0.142. The van der Waals surface area contributed by atoms with Crippen LogP contribution in [0, 0.1) is 29.6 Å². The van der Waals surface area contributed by atoms with Crippen LogP contribution >= 0.6 is 0 Å². The Balaban J connectivity index is 1.68. The van der Waals surface area contributed by atoms with E-state index in [1.165, 1.54) is 0 Å². The van der Waals surface area contributed by atoms with Crippen molar-refractivity contribution >= 4 is 11.9 Å². The zero-order valence-corrected chi connectivity index (χ0v) is 11.3. The molecule has 0 aromatic carbocycles. The third-order valence-corrected chi connectivity index (χ3v) is 5.36. The lowest BCUT2D eigenvalue weighted by Crippen LogP contribution is -2.49. The van der Waals surface area contributed by atoms with E-state index in [1.54, 1.807) is 0 Å². The lowest BCUT2D eigenvalue weighted by Gasteiger charge is -2.30. The van der Waals surface area contributed by atoms with Crippen molar-refractivity contribution in [1.29, 1.82) is 0 Å². The van der Waals surface area contributed by atoms with Crippen molar-refractivity contribution in [2.24, 2.45) is 29.6 Å². The Morgan fingerprint density at radius 1 is 1.21 bits per heavy atom. The van der Waals surface area contributed by atoms with Crippen LogP contribution in [0.2, 0.25) is 0 Å². The number of carboxylic acids is 1. The van der Waals surface area contributed by atoms with Crippen molar-refractivity contribution in [3.05, 3.63) is 0 Å². The van der Waals surface area contributed by atoms with Crippen LogP contribution in [0.15, 0.2) is 0 Å². The highest BCUT2D eigenvalue weighted by Gasteiger charge is 2.52. The molecule has 0 spiro atoms. The molecule has 0 aromatic rings. The second kappa shape index (κ2) is 4.78. The summed E-state index contributed by atoms with van der Waals surface area (Å²) >= 11 is 0. The molecular weight excluding hydrogens is 244 g/mol. The van der Waals surface area contributed by atoms with E-state index in [2.05, 4.69) is 17.6 Å². The van der Waals surface area contributed by atoms with Crippen molar-refractivity contribution in [2.75, 3.05) is 13.1 Å². The normalized spacial score (nSPS) is 44.5. The summed E-state index contributed by atoms with van der Waals surface area (Å²) in [5, 5.41) is 15.6. The first kappa shape index (κ1) is 12.9. The molecule has 1 aliphatic heterocycles. The van der Waals surface area contributed by atoms with Gasteiger partial charge in [-0.3, -0.25) is 9.59 Å². The minimum atomic E-state index is -0.741. The second-order valence-electron chi connectivity index (χ2n) is 6.47. The minimum Gasteiger partial charge on any atom is -0.481 e. The molecule has 1 saturated heterocycles. The number of carbonyl (C=O) groups excluding carboxylic acids is 1. The first-order valence-corrected chi connectivity index (χ1v) is 7.32. The molecular formula is C14H22N2O3. The number of hydrogen-bond acceptors (Lipinski definition) is 3. The monoisotopic (exact) mass is 266 g/mol. The molecule has 0 radical (unpaired) electrons. The van der Waals surface area contributed by atoms with Gasteiger partial charge in [0.25, 0.3) is 0 Å². The molecule has 2 saturated carbocycles. The molecule has 0 aromatic heterocycles. The van der Waals surface area contributed by atoms with Crippen LogP contribution in [-0.4, -0.2) is 36.1 Å². The number of carboxylic acid groups (broad SMARTS) is 1. The van der Waals surface area contributed by atoms with Crippen molar-refractivity contribution in [3.8, 4) is 0 Å². The Hall–Kier alpha value is -1.10. The summed E-state index contributed by atoms with van der Waals surface area (Å²) in [5.74, 6) is -0.0918. The van der Waals surface area contributed by atoms with Crippen molar-refractivity contribution in [1.82, 2.24) is 10.6 Å². The number of hydrogen-bond donors (Lipinski definition) is 3. The zero-order valence-electron chi connectivity index (χ0n) is 11.3. The quantitative estimate of drug-likeness (QED) is 0.693. The predicted octanol–water partition coefficient (Wildman–Crippen LogP) is 0.457. The van der Waals surface area contributed by atoms with E-state index in [0.29, 0.717) is 18.4 Å². The minimum absolute atomic E-state index is 0.00595. The number of fused-ring (bicyclic) bond motifs is 2. The number of amides is 1. The highest BCUT2D eigenvalue weighted by molar-refractivity contribution is 5.81. The third kappa shape index (κ3) is 2.14. The smallest absolute Gasteiger partial charge is 0.308 e. The van der Waals surface area contributed by atoms with Crippen LogP contribution in [0.4, 0.5) is 0 Å². The standard InChI is InChI=1S/C14H22N2O3/c1-7-5-15-6-10(7)13(17)16-12-9-3-2-8(4-9)11(12)14(18)19/h7-12,15H,2-6H2,1H3,(H,16,17)(H,18,19)/t7-,8?,9?,10-,11?,12?/m1/s1. The summed E-state index contributed by atoms with van der Waals surface area (Å²) in [6.45, 7) is 3.66. The van der Waals surface area contributed by atoms with Gasteiger partial charge in [0, 0.05) is 12.6 Å². The van der Waals surface area contributed by atoms with Gasteiger partial charge in [-0.15, -0.1) is 0 Å². The van der Waals surface area contributed by atoms with Crippen molar-refractivity contribution in [3.63, 3.8) is 0 Å². The molecule has 6 atom stereocenters. The van der Waals surface area contributed by atoms with E-state index in [9.17, 15) is 14.7 Å². The molecule has 3 N–H and O–H groups in total. The molecule has 2 bridgehead atoms. The molecule has 19 heavy (non-hydrogen) atoms. The maximum Gasteiger partial charge on any atom is 0.308 e. The van der Waals surface area contributed by atoms with E-state index in [4.69, 9.17) is 0 Å². The lowest BCUT2D eigenvalue weighted by atomic mass is 9.84. The summed E-state index contributed by atoms with van der Waals surface area (Å²) in [6.07, 6.45) is 3.05. The molecule has 2 aliphatic carbocycles. The van der Waals surface area contributed by atoms with Crippen LogP contribution in [-0.2, 0) is 9.59 Å². The van der Waals surface area contributed by atoms with Crippen molar-refractivity contribution < 1.29 is 14.7 Å². The van der Waals surface area contributed by atoms with Gasteiger partial charge in [-0.1, -0.05) is 6.92 Å². The zero-order chi connectivity index (χ0) is 13.6. The first-order valence-electron chi connectivity index (χ1n) is 7.32. The van der Waals surface area contributed by atoms with Crippen LogP contribution in [0.25, 0.3) is 0 Å². The highest BCUT2D eigenvalue weighted by atomic mass is 16.4. The second-order valence-corrected chi connectivity index (χ2v) is 6.47. The van der Waals surface area contributed by atoms with Gasteiger partial charge in [0.2, 0.25) is 5.91 Å². The van der Waals surface area contributed by atoms with Gasteiger partial charge in [0.1, 0.15) is 0 Å². The van der Waals surface area contributed by atoms with Gasteiger partial charge in [0.15, 0.2) is 0 Å². The van der Waals surface area contributed by atoms with Crippen LogP contribution in [0.5, 0.6) is 0 Å². The Morgan fingerprint density at radius 3 is 2.58 bits per heavy atom. The average Bonchev–Trinajstić information content (AvgIpc) is 3.03. The fourth-order valence-corrected chi connectivity index (χ4v) is 4.29. The Kier molecular flexibility index (Phi) is 3.25. The Bertz CT molecular complexity index is 398. The molecule has 5 heteroatoms. The largest absolute Gasteiger partial charge is 0.481 e. The van der Waals surface area contributed by atoms with Gasteiger partial charge < -0.3 is 15.7 Å². The Labute approximate surface area is 113 Å². The third-order valence-electron chi connectivity index (χ3n) is 5.36. The molecule has 4 unspecified atom stereocenters. The predicted molar refractivity (Wildman–Crippen MR) is 69.4 cm³/mol. The topological polar surface area (TPSA) is 78.4 Å². The average molecular weight is 266 g/mol. The number of aliphatic carboxylic acids is 1. The molecule has 3 aliphatic rings. The van der Waals surface area contributed by atoms with Crippen molar-refractivity contribution in [2.45, 2.75) is 32.2 Å². The molecule has 106 valence electrons. The van der Waals surface area contributed by atoms with E-state index < -0.39 is 5.97 Å². The Morgan fingerprint density at radius 2 is 1.95 bits per heavy atom. The lowest BCUT2D eigenvalue weighted by molar-refractivity contribution is -0.145. The molecule has 5 nitrogen and oxygen atoms in total. The maximum absolute atomic E-state index is 12.3. The van der Waals surface area contributed by atoms with E-state index >= 15 is 0 Å². The molecule has 1 amide bonds. The number of carbonyl (C=O) groups is 2. The molecule has 3 fully saturated rings. The van der Waals surface area contributed by atoms with Gasteiger partial charge >= 0.3 is 5.97 Å². The van der Waals surface area contributed by atoms with Gasteiger partial charge in [-0.05, 0) is 43.6 Å².